The highest BCUT2D eigenvalue weighted by molar-refractivity contribution is 8.00. The minimum Gasteiger partial charge on any atom is -0.454 e. The molecule has 3 heterocycles. The molecule has 1 aromatic heterocycles. The van der Waals surface area contributed by atoms with Crippen molar-refractivity contribution in [3.05, 3.63) is 48.0 Å². The monoisotopic (exact) mass is 451 g/mol. The van der Waals surface area contributed by atoms with Crippen LogP contribution in [-0.4, -0.2) is 49.7 Å². The molecule has 3 aromatic rings. The van der Waals surface area contributed by atoms with Gasteiger partial charge in [0.2, 0.25) is 12.7 Å². The average molecular weight is 452 g/mol. The topological polar surface area (TPSA) is 72.9 Å². The van der Waals surface area contributed by atoms with Crippen LogP contribution in [0.4, 0.5) is 11.4 Å². The van der Waals surface area contributed by atoms with Crippen LogP contribution >= 0.6 is 11.8 Å². The highest BCUT2D eigenvalue weighted by Crippen LogP contribution is 2.37. The number of rotatable bonds is 6. The van der Waals surface area contributed by atoms with Crippen molar-refractivity contribution in [2.75, 3.05) is 49.1 Å². The molecule has 32 heavy (non-hydrogen) atoms. The number of hydrogen-bond acceptors (Lipinski definition) is 7. The molecule has 0 saturated carbocycles. The molecular weight excluding hydrogens is 426 g/mol. The second-order valence-electron chi connectivity index (χ2n) is 7.66. The summed E-state index contributed by atoms with van der Waals surface area (Å²) in [6.45, 7) is 5.37. The lowest BCUT2D eigenvalue weighted by Crippen LogP contribution is -2.36. The van der Waals surface area contributed by atoms with Gasteiger partial charge in [-0.05, 0) is 36.2 Å². The summed E-state index contributed by atoms with van der Waals surface area (Å²) in [7, 11) is 0. The highest BCUT2D eigenvalue weighted by atomic mass is 32.2. The first-order valence-electron chi connectivity index (χ1n) is 10.8. The van der Waals surface area contributed by atoms with Gasteiger partial charge in [-0.15, -0.1) is 0 Å². The minimum absolute atomic E-state index is 0.0506. The zero-order valence-electron chi connectivity index (χ0n) is 17.9. The summed E-state index contributed by atoms with van der Waals surface area (Å²) in [5, 5.41) is 4.96. The molecule has 2 aliphatic rings. The summed E-state index contributed by atoms with van der Waals surface area (Å²) in [5.74, 6) is 1.70. The van der Waals surface area contributed by atoms with E-state index in [4.69, 9.17) is 19.2 Å². The lowest BCUT2D eigenvalue weighted by molar-refractivity contribution is -0.113. The van der Waals surface area contributed by atoms with Crippen molar-refractivity contribution in [3.63, 3.8) is 0 Å². The van der Waals surface area contributed by atoms with Gasteiger partial charge in [0.05, 0.1) is 35.9 Å². The lowest BCUT2D eigenvalue weighted by atomic mass is 10.1. The van der Waals surface area contributed by atoms with E-state index >= 15 is 0 Å². The summed E-state index contributed by atoms with van der Waals surface area (Å²) >= 11 is 1.46. The number of morpholine rings is 1. The van der Waals surface area contributed by atoms with Crippen molar-refractivity contribution in [3.8, 4) is 11.5 Å². The Morgan fingerprint density at radius 3 is 2.72 bits per heavy atom. The number of benzene rings is 2. The van der Waals surface area contributed by atoms with Crippen molar-refractivity contribution in [1.82, 2.24) is 4.98 Å². The molecule has 1 N–H and O–H groups in total. The maximum Gasteiger partial charge on any atom is 0.234 e. The molecule has 7 nitrogen and oxygen atoms in total. The predicted octanol–water partition coefficient (Wildman–Crippen LogP) is 4.09. The van der Waals surface area contributed by atoms with Crippen LogP contribution in [0.1, 0.15) is 12.5 Å². The number of ether oxygens (including phenoxy) is 3. The standard InChI is InChI=1S/C24H25N3O4S/c1-2-16-11-17-12-21-22(31-15-30-21)13-19(17)26-24(16)32-14-23(28)25-18-5-3-4-6-20(18)27-7-9-29-10-8-27/h3-6,11-13H,2,7-10,14-15H2,1H3,(H,25,28). The molecular formula is C24H25N3O4S. The van der Waals surface area contributed by atoms with Gasteiger partial charge in [-0.1, -0.05) is 30.8 Å². The molecule has 2 aromatic carbocycles. The van der Waals surface area contributed by atoms with E-state index in [1.807, 2.05) is 36.4 Å². The third-order valence-corrected chi connectivity index (χ3v) is 6.63. The first-order valence-corrected chi connectivity index (χ1v) is 11.8. The van der Waals surface area contributed by atoms with Gasteiger partial charge in [-0.3, -0.25) is 4.79 Å². The van der Waals surface area contributed by atoms with Crippen LogP contribution in [0.3, 0.4) is 0 Å². The number of carbonyl (C=O) groups excluding carboxylic acids is 1. The maximum absolute atomic E-state index is 12.8. The highest BCUT2D eigenvalue weighted by Gasteiger charge is 2.18. The number of aromatic nitrogens is 1. The SMILES string of the molecule is CCc1cc2cc3c(cc2nc1SCC(=O)Nc1ccccc1N1CCOCC1)OCO3. The van der Waals surface area contributed by atoms with E-state index < -0.39 is 0 Å². The van der Waals surface area contributed by atoms with E-state index in [2.05, 4.69) is 23.2 Å². The smallest absolute Gasteiger partial charge is 0.234 e. The number of fused-ring (bicyclic) bond motifs is 2. The number of para-hydroxylation sites is 2. The normalized spacial score (nSPS) is 15.2. The second kappa shape index (κ2) is 9.26. The van der Waals surface area contributed by atoms with E-state index in [1.54, 1.807) is 0 Å². The molecule has 1 saturated heterocycles. The van der Waals surface area contributed by atoms with Crippen molar-refractivity contribution in [1.29, 1.82) is 0 Å². The Bertz CT molecular complexity index is 1150. The maximum atomic E-state index is 12.8. The van der Waals surface area contributed by atoms with E-state index in [9.17, 15) is 4.79 Å². The van der Waals surface area contributed by atoms with Crippen molar-refractivity contribution in [2.24, 2.45) is 0 Å². The number of amides is 1. The van der Waals surface area contributed by atoms with Gasteiger partial charge in [0.25, 0.3) is 0 Å². The van der Waals surface area contributed by atoms with E-state index in [1.165, 1.54) is 11.8 Å². The lowest BCUT2D eigenvalue weighted by Gasteiger charge is -2.30. The van der Waals surface area contributed by atoms with E-state index in [0.29, 0.717) is 19.0 Å². The Kier molecular flexibility index (Phi) is 6.05. The molecule has 166 valence electrons. The largest absolute Gasteiger partial charge is 0.454 e. The molecule has 0 atom stereocenters. The van der Waals surface area contributed by atoms with Gasteiger partial charge in [0.1, 0.15) is 5.03 Å². The minimum atomic E-state index is -0.0506. The third kappa shape index (κ3) is 4.33. The number of nitrogens with zero attached hydrogens (tertiary/aromatic N) is 2. The van der Waals surface area contributed by atoms with Crippen molar-refractivity contribution < 1.29 is 19.0 Å². The number of thioether (sulfide) groups is 1. The molecule has 1 amide bonds. The zero-order chi connectivity index (χ0) is 21.9. The number of carbonyl (C=O) groups is 1. The molecule has 0 spiro atoms. The Morgan fingerprint density at radius 1 is 1.12 bits per heavy atom. The van der Waals surface area contributed by atoms with Gasteiger partial charge in [-0.2, -0.15) is 0 Å². The second-order valence-corrected chi connectivity index (χ2v) is 8.62. The number of anilines is 2. The predicted molar refractivity (Wildman–Crippen MR) is 126 cm³/mol. The summed E-state index contributed by atoms with van der Waals surface area (Å²) in [4.78, 5) is 19.9. The van der Waals surface area contributed by atoms with Crippen LogP contribution in [0.5, 0.6) is 11.5 Å². The van der Waals surface area contributed by atoms with Crippen LogP contribution in [0.2, 0.25) is 0 Å². The van der Waals surface area contributed by atoms with Gasteiger partial charge < -0.3 is 24.4 Å². The molecule has 5 rings (SSSR count). The fourth-order valence-electron chi connectivity index (χ4n) is 3.95. The molecule has 0 unspecified atom stereocenters. The quantitative estimate of drug-likeness (QED) is 0.566. The van der Waals surface area contributed by atoms with Crippen molar-refractivity contribution >= 4 is 39.9 Å². The summed E-state index contributed by atoms with van der Waals surface area (Å²) in [5.41, 5.74) is 3.81. The van der Waals surface area contributed by atoms with Crippen LogP contribution in [-0.2, 0) is 16.0 Å². The summed E-state index contributed by atoms with van der Waals surface area (Å²) in [6, 6.07) is 13.9. The Labute approximate surface area is 191 Å². The molecule has 0 aliphatic carbocycles. The first-order chi connectivity index (χ1) is 15.7. The van der Waals surface area contributed by atoms with E-state index in [-0.39, 0.29) is 18.5 Å². The number of aryl methyl sites for hydroxylation is 1. The number of nitrogens with one attached hydrogen (secondary N) is 1. The van der Waals surface area contributed by atoms with Gasteiger partial charge >= 0.3 is 0 Å². The summed E-state index contributed by atoms with van der Waals surface area (Å²) in [6.07, 6.45) is 0.835. The van der Waals surface area contributed by atoms with Gasteiger partial charge in [0.15, 0.2) is 11.5 Å². The van der Waals surface area contributed by atoms with Crippen LogP contribution in [0.25, 0.3) is 10.9 Å². The molecule has 2 aliphatic heterocycles. The fourth-order valence-corrected chi connectivity index (χ4v) is 4.84. The summed E-state index contributed by atoms with van der Waals surface area (Å²) < 4.78 is 16.4. The Hall–Kier alpha value is -2.97. The Balaban J connectivity index is 1.30. The first kappa shape index (κ1) is 20.9. The van der Waals surface area contributed by atoms with Gasteiger partial charge in [-0.25, -0.2) is 4.98 Å². The van der Waals surface area contributed by atoms with Crippen molar-refractivity contribution in [2.45, 2.75) is 18.4 Å². The zero-order valence-corrected chi connectivity index (χ0v) is 18.7. The molecule has 8 heteroatoms. The molecule has 1 fully saturated rings. The third-order valence-electron chi connectivity index (χ3n) is 5.60. The van der Waals surface area contributed by atoms with Gasteiger partial charge in [0, 0.05) is 24.5 Å². The number of hydrogen-bond donors (Lipinski definition) is 1. The average Bonchev–Trinajstić information content (AvgIpc) is 3.29. The molecule has 0 bridgehead atoms. The fraction of sp³-hybridized carbons (Fsp3) is 0.333. The molecule has 0 radical (unpaired) electrons. The van der Waals surface area contributed by atoms with E-state index in [0.717, 1.165) is 58.1 Å². The van der Waals surface area contributed by atoms with Crippen LogP contribution in [0, 0.1) is 0 Å². The van der Waals surface area contributed by atoms with Crippen LogP contribution < -0.4 is 19.7 Å². The van der Waals surface area contributed by atoms with Crippen LogP contribution in [0.15, 0.2) is 47.5 Å². The Morgan fingerprint density at radius 2 is 1.91 bits per heavy atom. The number of pyridine rings is 1.